The first kappa shape index (κ1) is 33.4. The third-order valence-electron chi connectivity index (χ3n) is 7.83. The van der Waals surface area contributed by atoms with Gasteiger partial charge in [-0.05, 0) is 83.8 Å². The molecule has 4 heterocycles. The summed E-state index contributed by atoms with van der Waals surface area (Å²) in [6.45, 7) is 12.6. The lowest BCUT2D eigenvalue weighted by atomic mass is 9.84. The predicted molar refractivity (Wildman–Crippen MR) is 173 cm³/mol. The van der Waals surface area contributed by atoms with E-state index in [1.54, 1.807) is 0 Å². The lowest BCUT2D eigenvalue weighted by Crippen LogP contribution is -2.49. The number of halogens is 1. The number of carbonyl (C=O) groups excluding carboxylic acids is 1. The third-order valence-corrected chi connectivity index (χ3v) is 14.7. The van der Waals surface area contributed by atoms with Gasteiger partial charge >= 0.3 is 0 Å². The van der Waals surface area contributed by atoms with Gasteiger partial charge in [-0.1, -0.05) is 20.8 Å². The van der Waals surface area contributed by atoms with Crippen molar-refractivity contribution < 1.29 is 9.22 Å². The summed E-state index contributed by atoms with van der Waals surface area (Å²) in [6, 6.07) is 2.83. The number of carbonyl (C=O) groups is 1. The van der Waals surface area contributed by atoms with Gasteiger partial charge in [-0.15, -0.1) is 11.3 Å². The maximum atomic E-state index is 12.3. The molecule has 0 aliphatic carbocycles. The van der Waals surface area contributed by atoms with Crippen LogP contribution >= 0.6 is 74.4 Å². The van der Waals surface area contributed by atoms with Crippen molar-refractivity contribution in [1.29, 1.82) is 0 Å². The molecule has 0 saturated carbocycles. The highest BCUT2D eigenvalue weighted by atomic mass is 127. The fourth-order valence-corrected chi connectivity index (χ4v) is 8.40. The first-order chi connectivity index (χ1) is 15.1. The van der Waals surface area contributed by atoms with Crippen LogP contribution in [0.2, 0.25) is 18.1 Å². The van der Waals surface area contributed by atoms with Crippen LogP contribution in [0.3, 0.4) is 0 Å². The maximum absolute atomic E-state index is 12.3. The minimum Gasteiger partial charge on any atom is -0.414 e. The Morgan fingerprint density at radius 2 is 1.97 bits per heavy atom. The fourth-order valence-electron chi connectivity index (χ4n) is 4.93. The number of amides is 1. The summed E-state index contributed by atoms with van der Waals surface area (Å²) in [6.07, 6.45) is 10.9. The molecule has 35 heavy (non-hydrogen) atoms. The lowest BCUT2D eigenvalue weighted by molar-refractivity contribution is -0.130. The average Bonchev–Trinajstić information content (AvgIpc) is 3.46. The van der Waals surface area contributed by atoms with Crippen molar-refractivity contribution in [2.45, 2.75) is 89.2 Å². The molecule has 0 bridgehead atoms. The minimum atomic E-state index is -1.95. The molecule has 2 aliphatic rings. The molecule has 2 fully saturated rings. The Morgan fingerprint density at radius 3 is 2.54 bits per heavy atom. The number of rotatable bonds is 7. The van der Waals surface area contributed by atoms with E-state index >= 15 is 0 Å². The van der Waals surface area contributed by atoms with Gasteiger partial charge in [-0.3, -0.25) is 4.79 Å². The van der Waals surface area contributed by atoms with E-state index in [1.807, 2.05) is 23.9 Å². The normalized spacial score (nSPS) is 21.9. The molecule has 4 rings (SSSR count). The smallest absolute Gasteiger partial charge is 0.222 e. The van der Waals surface area contributed by atoms with E-state index in [0.717, 1.165) is 38.6 Å². The van der Waals surface area contributed by atoms with Crippen LogP contribution in [-0.4, -0.2) is 47.4 Å². The lowest BCUT2D eigenvalue weighted by Gasteiger charge is -2.45. The summed E-state index contributed by atoms with van der Waals surface area (Å²) >= 11 is 4.29. The van der Waals surface area contributed by atoms with Gasteiger partial charge in [0.1, 0.15) is 0 Å². The molecule has 4 atom stereocenters. The molecule has 0 N–H and O–H groups in total. The van der Waals surface area contributed by atoms with Crippen LogP contribution in [0, 0.1) is 9.49 Å². The topological polar surface area (TPSA) is 47.4 Å². The Kier molecular flexibility index (Phi) is 12.8. The molecule has 0 radical (unpaired) electrons. The minimum absolute atomic E-state index is 0. The fraction of sp³-hybridized carbons (Fsp3) is 0.667. The Hall–Kier alpha value is 0.337. The molecule has 0 spiro atoms. The second-order valence-corrected chi connectivity index (χ2v) is 17.7. The summed E-state index contributed by atoms with van der Waals surface area (Å²) in [5.74, 6) is 0.833. The number of hydrogen-bond acceptors (Lipinski definition) is 4. The van der Waals surface area contributed by atoms with Gasteiger partial charge in [0.05, 0.1) is 18.5 Å². The molecule has 1 unspecified atom stereocenters. The Labute approximate surface area is 250 Å². The number of thiophene rings is 1. The largest absolute Gasteiger partial charge is 0.414 e. The van der Waals surface area contributed by atoms with Gasteiger partial charge in [-0.25, -0.2) is 4.98 Å². The zero-order chi connectivity index (χ0) is 23.1. The zero-order valence-corrected chi connectivity index (χ0v) is 28.4. The van der Waals surface area contributed by atoms with E-state index in [0.29, 0.717) is 17.9 Å². The predicted octanol–water partition coefficient (Wildman–Crippen LogP) is 6.66. The van der Waals surface area contributed by atoms with Crippen LogP contribution in [0.15, 0.2) is 30.2 Å². The van der Waals surface area contributed by atoms with E-state index in [9.17, 15) is 4.79 Å². The summed E-state index contributed by atoms with van der Waals surface area (Å²) in [4.78, 5) is 20.1. The second kappa shape index (κ2) is 13.4. The van der Waals surface area contributed by atoms with Crippen LogP contribution in [0.25, 0.3) is 0 Å². The zero-order valence-electron chi connectivity index (χ0n) is 21.4. The molecule has 2 saturated heterocycles. The SMILES string of the molecule is CC(C)(C)[Si](C)(C)O[C@@H](CC(c1sccc1I)n1ccnc1)[C@H]1CCN2C(=O)CC[C@H]2C1.S.S.S. The van der Waals surface area contributed by atoms with Crippen LogP contribution in [0.1, 0.15) is 63.8 Å². The van der Waals surface area contributed by atoms with Crippen LogP contribution in [0.4, 0.5) is 0 Å². The molecule has 11 heteroatoms. The monoisotopic (exact) mass is 687 g/mol. The van der Waals surface area contributed by atoms with Crippen molar-refractivity contribution in [3.63, 3.8) is 0 Å². The number of hydrogen-bond donors (Lipinski definition) is 0. The Bertz CT molecular complexity index is 936. The molecule has 5 nitrogen and oxygen atoms in total. The average molecular weight is 688 g/mol. The van der Waals surface area contributed by atoms with Gasteiger partial charge < -0.3 is 13.9 Å². The first-order valence-electron chi connectivity index (χ1n) is 11.7. The summed E-state index contributed by atoms with van der Waals surface area (Å²) in [7, 11) is -1.95. The molecule has 0 aromatic carbocycles. The van der Waals surface area contributed by atoms with Gasteiger partial charge in [0.2, 0.25) is 5.91 Å². The van der Waals surface area contributed by atoms with E-state index in [4.69, 9.17) is 4.43 Å². The van der Waals surface area contributed by atoms with Crippen molar-refractivity contribution >= 4 is 88.6 Å². The van der Waals surface area contributed by atoms with Crippen LogP contribution in [-0.2, 0) is 9.22 Å². The van der Waals surface area contributed by atoms with Crippen molar-refractivity contribution in [1.82, 2.24) is 14.5 Å². The highest BCUT2D eigenvalue weighted by Crippen LogP contribution is 2.43. The van der Waals surface area contributed by atoms with E-state index in [1.165, 1.54) is 8.45 Å². The third kappa shape index (κ3) is 7.47. The molecule has 2 aromatic rings. The molecular weight excluding hydrogens is 646 g/mol. The Balaban J connectivity index is 0.00000204. The van der Waals surface area contributed by atoms with Gasteiger partial charge in [-0.2, -0.15) is 40.5 Å². The summed E-state index contributed by atoms with van der Waals surface area (Å²) < 4.78 is 10.8. The molecule has 2 aromatic heterocycles. The molecule has 1 amide bonds. The summed E-state index contributed by atoms with van der Waals surface area (Å²) in [5, 5.41) is 2.35. The van der Waals surface area contributed by atoms with Crippen LogP contribution in [0.5, 0.6) is 0 Å². The number of nitrogens with zero attached hydrogens (tertiary/aromatic N) is 3. The molecule has 2 aliphatic heterocycles. The molecule has 200 valence electrons. The van der Waals surface area contributed by atoms with E-state index in [2.05, 4.69) is 88.6 Å². The van der Waals surface area contributed by atoms with Crippen molar-refractivity contribution in [2.24, 2.45) is 5.92 Å². The van der Waals surface area contributed by atoms with Gasteiger partial charge in [0.25, 0.3) is 0 Å². The number of piperidine rings is 1. The van der Waals surface area contributed by atoms with Gasteiger partial charge in [0, 0.05) is 39.8 Å². The number of aromatic nitrogens is 2. The molecular formula is C24H42IN3O2S4Si. The summed E-state index contributed by atoms with van der Waals surface area (Å²) in [5.41, 5.74) is 0. The number of imidazole rings is 1. The highest BCUT2D eigenvalue weighted by molar-refractivity contribution is 14.1. The van der Waals surface area contributed by atoms with Crippen molar-refractivity contribution in [3.8, 4) is 0 Å². The second-order valence-electron chi connectivity index (χ2n) is 10.9. The van der Waals surface area contributed by atoms with Gasteiger partial charge in [0.15, 0.2) is 8.32 Å². The number of fused-ring (bicyclic) bond motifs is 1. The first-order valence-corrected chi connectivity index (χ1v) is 16.6. The van der Waals surface area contributed by atoms with Crippen molar-refractivity contribution in [2.75, 3.05) is 6.54 Å². The van der Waals surface area contributed by atoms with Crippen molar-refractivity contribution in [3.05, 3.63) is 38.6 Å². The standard InChI is InChI=1S/C24H36IN3O2SSi.3H2S/c1-24(2,3)32(4,5)30-21(17-8-11-28-18(14-17)6-7-22(28)29)15-20(27-12-10-26-16-27)23-19(25)9-13-31-23;;;/h9-10,12-13,16-18,20-21H,6-8,11,14-15H2,1-5H3;3*1H2/t17-,18-,20?,21-;;;/m0.../s1. The van der Waals surface area contributed by atoms with E-state index < -0.39 is 8.32 Å². The highest BCUT2D eigenvalue weighted by Gasteiger charge is 2.44. The Morgan fingerprint density at radius 1 is 1.26 bits per heavy atom. The maximum Gasteiger partial charge on any atom is 0.222 e. The van der Waals surface area contributed by atoms with E-state index in [-0.39, 0.29) is 57.7 Å². The van der Waals surface area contributed by atoms with Crippen LogP contribution < -0.4 is 0 Å². The quantitative estimate of drug-likeness (QED) is 0.242.